The van der Waals surface area contributed by atoms with Crippen molar-refractivity contribution in [2.24, 2.45) is 5.14 Å². The summed E-state index contributed by atoms with van der Waals surface area (Å²) in [6, 6.07) is 15.2. The predicted octanol–water partition coefficient (Wildman–Crippen LogP) is 2.01. The molecule has 0 bridgehead atoms. The molecule has 0 aliphatic rings. The van der Waals surface area contributed by atoms with Gasteiger partial charge in [0.15, 0.2) is 0 Å². The van der Waals surface area contributed by atoms with Crippen LogP contribution in [0.3, 0.4) is 0 Å². The van der Waals surface area contributed by atoms with Crippen LogP contribution in [0.2, 0.25) is 0 Å². The minimum atomic E-state index is -3.74. The third-order valence-corrected chi connectivity index (χ3v) is 4.89. The first kappa shape index (κ1) is 17.8. The van der Waals surface area contributed by atoms with Crippen LogP contribution in [0.5, 0.6) is 0 Å². The summed E-state index contributed by atoms with van der Waals surface area (Å²) < 4.78 is 24.3. The second-order valence-electron chi connectivity index (χ2n) is 5.79. The fourth-order valence-electron chi connectivity index (χ4n) is 2.56. The number of primary sulfonamides is 1. The average molecular weight is 370 g/mol. The van der Waals surface area contributed by atoms with Gasteiger partial charge in [0.1, 0.15) is 5.69 Å². The number of amides is 1. The molecule has 1 amide bonds. The maximum atomic E-state index is 12.6. The third-order valence-electron chi connectivity index (χ3n) is 3.96. The number of rotatable bonds is 5. The second kappa shape index (κ2) is 7.11. The Labute approximate surface area is 151 Å². The Hall–Kier alpha value is -2.97. The van der Waals surface area contributed by atoms with Gasteiger partial charge in [-0.15, -0.1) is 0 Å². The molecule has 0 radical (unpaired) electrons. The van der Waals surface area contributed by atoms with Crippen LogP contribution in [-0.4, -0.2) is 23.9 Å². The molecule has 26 heavy (non-hydrogen) atoms. The van der Waals surface area contributed by atoms with Crippen molar-refractivity contribution in [3.63, 3.8) is 0 Å². The molecule has 0 aliphatic heterocycles. The Kier molecular flexibility index (Phi) is 4.88. The zero-order valence-electron chi connectivity index (χ0n) is 14.0. The molecule has 3 N–H and O–H groups in total. The summed E-state index contributed by atoms with van der Waals surface area (Å²) in [5.74, 6) is -0.283. The lowest BCUT2D eigenvalue weighted by atomic mass is 10.1. The number of imidazole rings is 1. The Morgan fingerprint density at radius 3 is 2.38 bits per heavy atom. The third kappa shape index (κ3) is 3.81. The Balaban J connectivity index is 1.78. The fraction of sp³-hybridized carbons (Fsp3) is 0.111. The van der Waals surface area contributed by atoms with E-state index in [1.165, 1.54) is 18.3 Å². The summed E-state index contributed by atoms with van der Waals surface area (Å²) in [4.78, 5) is 16.7. The molecule has 8 heteroatoms. The van der Waals surface area contributed by atoms with Gasteiger partial charge in [-0.2, -0.15) is 0 Å². The molecule has 1 aromatic heterocycles. The molecule has 0 aliphatic carbocycles. The van der Waals surface area contributed by atoms with Crippen LogP contribution in [0.15, 0.2) is 72.0 Å². The van der Waals surface area contributed by atoms with E-state index in [0.29, 0.717) is 5.69 Å². The molecule has 1 unspecified atom stereocenters. The van der Waals surface area contributed by atoms with Crippen LogP contribution in [-0.2, 0) is 10.0 Å². The van der Waals surface area contributed by atoms with Crippen LogP contribution in [0.25, 0.3) is 5.69 Å². The van der Waals surface area contributed by atoms with E-state index in [1.54, 1.807) is 23.0 Å². The van der Waals surface area contributed by atoms with Crippen molar-refractivity contribution >= 4 is 15.9 Å². The van der Waals surface area contributed by atoms with Gasteiger partial charge in [-0.25, -0.2) is 18.5 Å². The van der Waals surface area contributed by atoms with Gasteiger partial charge >= 0.3 is 0 Å². The van der Waals surface area contributed by atoms with Crippen molar-refractivity contribution in [2.45, 2.75) is 17.9 Å². The lowest BCUT2D eigenvalue weighted by Crippen LogP contribution is -2.28. The minimum absolute atomic E-state index is 0.0296. The van der Waals surface area contributed by atoms with Crippen LogP contribution in [0.4, 0.5) is 0 Å². The van der Waals surface area contributed by atoms with E-state index in [9.17, 15) is 13.2 Å². The van der Waals surface area contributed by atoms with Crippen LogP contribution >= 0.6 is 0 Å². The van der Waals surface area contributed by atoms with Crippen LogP contribution < -0.4 is 10.5 Å². The smallest absolute Gasteiger partial charge is 0.270 e. The van der Waals surface area contributed by atoms with Gasteiger partial charge in [-0.1, -0.05) is 30.3 Å². The van der Waals surface area contributed by atoms with E-state index >= 15 is 0 Å². The van der Waals surface area contributed by atoms with E-state index in [2.05, 4.69) is 10.3 Å². The van der Waals surface area contributed by atoms with E-state index in [-0.39, 0.29) is 16.8 Å². The Morgan fingerprint density at radius 1 is 1.12 bits per heavy atom. The number of nitrogens with two attached hydrogens (primary N) is 1. The molecule has 3 aromatic rings. The molecule has 134 valence electrons. The summed E-state index contributed by atoms with van der Waals surface area (Å²) in [6.45, 7) is 1.81. The Bertz CT molecular complexity index is 1010. The number of carbonyl (C=O) groups is 1. The van der Waals surface area contributed by atoms with Gasteiger partial charge in [0.05, 0.1) is 23.5 Å². The summed E-state index contributed by atoms with van der Waals surface area (Å²) in [5.41, 5.74) is 2.00. The van der Waals surface area contributed by atoms with E-state index in [4.69, 9.17) is 5.14 Å². The number of hydrogen-bond acceptors (Lipinski definition) is 4. The zero-order chi connectivity index (χ0) is 18.7. The molecule has 0 fully saturated rings. The van der Waals surface area contributed by atoms with Crippen molar-refractivity contribution in [1.29, 1.82) is 0 Å². The van der Waals surface area contributed by atoms with Crippen LogP contribution in [0.1, 0.15) is 29.0 Å². The summed E-state index contributed by atoms with van der Waals surface area (Å²) in [6.07, 6.45) is 3.08. The minimum Gasteiger partial charge on any atom is -0.344 e. The number of carbonyl (C=O) groups excluding carboxylic acids is 1. The highest BCUT2D eigenvalue weighted by molar-refractivity contribution is 7.89. The summed E-state index contributed by atoms with van der Waals surface area (Å²) in [5, 5.41) is 7.98. The standard InChI is InChI=1S/C18H18N4O3S/c1-13(14-7-9-16(10-8-14)26(19,24)25)21-18(23)17-11-20-12-22(17)15-5-3-2-4-6-15/h2-13H,1H3,(H,21,23)(H2,19,24,25). The van der Waals surface area contributed by atoms with E-state index < -0.39 is 10.0 Å². The molecule has 0 spiro atoms. The Morgan fingerprint density at radius 2 is 1.77 bits per heavy atom. The molecule has 2 aromatic carbocycles. The molecule has 0 saturated carbocycles. The molecule has 1 atom stereocenters. The highest BCUT2D eigenvalue weighted by Crippen LogP contribution is 2.17. The highest BCUT2D eigenvalue weighted by Gasteiger charge is 2.17. The molecule has 1 heterocycles. The number of nitrogens with zero attached hydrogens (tertiary/aromatic N) is 2. The first-order valence-electron chi connectivity index (χ1n) is 7.87. The van der Waals surface area contributed by atoms with Gasteiger partial charge in [0.25, 0.3) is 5.91 Å². The van der Waals surface area contributed by atoms with Gasteiger partial charge in [-0.3, -0.25) is 9.36 Å². The number of nitrogens with one attached hydrogen (secondary N) is 1. The predicted molar refractivity (Wildman–Crippen MR) is 97.3 cm³/mol. The molecular weight excluding hydrogens is 352 g/mol. The SMILES string of the molecule is CC(NC(=O)c1cncn1-c1ccccc1)c1ccc(S(N)(=O)=O)cc1. The topological polar surface area (TPSA) is 107 Å². The highest BCUT2D eigenvalue weighted by atomic mass is 32.2. The van der Waals surface area contributed by atoms with Crippen molar-refractivity contribution in [1.82, 2.24) is 14.9 Å². The number of aromatic nitrogens is 2. The van der Waals surface area contributed by atoms with E-state index in [1.807, 2.05) is 37.3 Å². The number of para-hydroxylation sites is 1. The zero-order valence-corrected chi connectivity index (χ0v) is 14.8. The number of sulfonamides is 1. The summed E-state index contributed by atoms with van der Waals surface area (Å²) in [7, 11) is -3.74. The quantitative estimate of drug-likeness (QED) is 0.716. The van der Waals surface area contributed by atoms with Gasteiger partial charge in [-0.05, 0) is 36.8 Å². The maximum absolute atomic E-state index is 12.6. The fourth-order valence-corrected chi connectivity index (χ4v) is 3.07. The number of benzene rings is 2. The molecule has 3 rings (SSSR count). The van der Waals surface area contributed by atoms with Crippen LogP contribution in [0, 0.1) is 0 Å². The monoisotopic (exact) mass is 370 g/mol. The summed E-state index contributed by atoms with van der Waals surface area (Å²) >= 11 is 0. The average Bonchev–Trinajstić information content (AvgIpc) is 3.11. The van der Waals surface area contributed by atoms with Crippen molar-refractivity contribution < 1.29 is 13.2 Å². The second-order valence-corrected chi connectivity index (χ2v) is 7.36. The van der Waals surface area contributed by atoms with Gasteiger partial charge in [0.2, 0.25) is 10.0 Å². The van der Waals surface area contributed by atoms with Gasteiger partial charge < -0.3 is 5.32 Å². The van der Waals surface area contributed by atoms with Crippen molar-refractivity contribution in [2.75, 3.05) is 0 Å². The lowest BCUT2D eigenvalue weighted by Gasteiger charge is -2.15. The van der Waals surface area contributed by atoms with Gasteiger partial charge in [0, 0.05) is 5.69 Å². The molecular formula is C18H18N4O3S. The molecule has 0 saturated heterocycles. The lowest BCUT2D eigenvalue weighted by molar-refractivity contribution is 0.0933. The maximum Gasteiger partial charge on any atom is 0.270 e. The normalized spacial score (nSPS) is 12.5. The van der Waals surface area contributed by atoms with Crippen molar-refractivity contribution in [3.8, 4) is 5.69 Å². The van der Waals surface area contributed by atoms with Crippen molar-refractivity contribution in [3.05, 3.63) is 78.4 Å². The number of hydrogen-bond donors (Lipinski definition) is 2. The molecule has 7 nitrogen and oxygen atoms in total. The first-order valence-corrected chi connectivity index (χ1v) is 9.42. The van der Waals surface area contributed by atoms with E-state index in [0.717, 1.165) is 11.3 Å². The largest absolute Gasteiger partial charge is 0.344 e. The first-order chi connectivity index (χ1) is 12.4.